The number of pyridine rings is 1. The Bertz CT molecular complexity index is 868. The van der Waals surface area contributed by atoms with Crippen LogP contribution in [0.5, 0.6) is 0 Å². The number of carbonyl (C=O) groups is 1. The first-order chi connectivity index (χ1) is 11.6. The number of fused-ring (bicyclic) bond motifs is 1. The molecule has 0 N–H and O–H groups in total. The van der Waals surface area contributed by atoms with E-state index in [9.17, 15) is 4.79 Å². The summed E-state index contributed by atoms with van der Waals surface area (Å²) < 4.78 is 1.88. The molecule has 3 aromatic heterocycles. The standard InChI is InChI=1S/C18H20N4OS/c1-12(2)22-17-13(11-20-22)9-14(10-19-17)18(23)21-7-3-5-15(21)16-6-4-8-24-16/h4,6,8-12,15H,3,5,7H2,1-2H3/t15-/m1/s1. The number of aromatic nitrogens is 3. The van der Waals surface area contributed by atoms with E-state index in [-0.39, 0.29) is 18.0 Å². The van der Waals surface area contributed by atoms with Gasteiger partial charge in [0.05, 0.1) is 17.8 Å². The lowest BCUT2D eigenvalue weighted by atomic mass is 10.1. The van der Waals surface area contributed by atoms with Gasteiger partial charge in [-0.25, -0.2) is 9.67 Å². The molecule has 1 fully saturated rings. The van der Waals surface area contributed by atoms with Gasteiger partial charge in [-0.3, -0.25) is 4.79 Å². The third-order valence-corrected chi connectivity index (χ3v) is 5.53. The van der Waals surface area contributed by atoms with Crippen molar-refractivity contribution in [3.05, 3.63) is 46.4 Å². The van der Waals surface area contributed by atoms with Crippen molar-refractivity contribution in [3.8, 4) is 0 Å². The summed E-state index contributed by atoms with van der Waals surface area (Å²) in [6.45, 7) is 4.96. The summed E-state index contributed by atoms with van der Waals surface area (Å²) in [7, 11) is 0. The summed E-state index contributed by atoms with van der Waals surface area (Å²) in [6.07, 6.45) is 5.57. The highest BCUT2D eigenvalue weighted by Gasteiger charge is 2.31. The van der Waals surface area contributed by atoms with E-state index in [1.165, 1.54) is 4.88 Å². The van der Waals surface area contributed by atoms with Crippen LogP contribution in [0.3, 0.4) is 0 Å². The second-order valence-corrected chi connectivity index (χ2v) is 7.47. The molecule has 1 aliphatic heterocycles. The maximum absolute atomic E-state index is 13.0. The fourth-order valence-corrected chi connectivity index (χ4v) is 4.26. The molecule has 0 spiro atoms. The summed E-state index contributed by atoms with van der Waals surface area (Å²) in [6, 6.07) is 6.54. The predicted molar refractivity (Wildman–Crippen MR) is 95.2 cm³/mol. The Hall–Kier alpha value is -2.21. The van der Waals surface area contributed by atoms with E-state index in [4.69, 9.17) is 0 Å². The molecule has 4 rings (SSSR count). The Morgan fingerprint density at radius 2 is 2.25 bits per heavy atom. The molecule has 4 heterocycles. The molecule has 0 radical (unpaired) electrons. The van der Waals surface area contributed by atoms with E-state index < -0.39 is 0 Å². The first-order valence-electron chi connectivity index (χ1n) is 8.33. The zero-order valence-electron chi connectivity index (χ0n) is 13.8. The van der Waals surface area contributed by atoms with Crippen molar-refractivity contribution in [2.24, 2.45) is 0 Å². The van der Waals surface area contributed by atoms with Gasteiger partial charge in [-0.2, -0.15) is 5.10 Å². The largest absolute Gasteiger partial charge is 0.331 e. The van der Waals surface area contributed by atoms with Crippen molar-refractivity contribution in [1.82, 2.24) is 19.7 Å². The molecule has 124 valence electrons. The normalized spacial score (nSPS) is 18.0. The molecule has 6 heteroatoms. The van der Waals surface area contributed by atoms with Gasteiger partial charge in [0.1, 0.15) is 0 Å². The van der Waals surface area contributed by atoms with Gasteiger partial charge in [-0.05, 0) is 44.2 Å². The van der Waals surface area contributed by atoms with Crippen LogP contribution >= 0.6 is 11.3 Å². The molecule has 24 heavy (non-hydrogen) atoms. The summed E-state index contributed by atoms with van der Waals surface area (Å²) in [5, 5.41) is 7.37. The lowest BCUT2D eigenvalue weighted by molar-refractivity contribution is 0.0737. The minimum absolute atomic E-state index is 0.0672. The van der Waals surface area contributed by atoms with Crippen LogP contribution < -0.4 is 0 Å². The zero-order valence-corrected chi connectivity index (χ0v) is 14.7. The average Bonchev–Trinajstić information content (AvgIpc) is 3.31. The van der Waals surface area contributed by atoms with Crippen molar-refractivity contribution in [3.63, 3.8) is 0 Å². The Labute approximate surface area is 144 Å². The number of likely N-dealkylation sites (tertiary alicyclic amines) is 1. The number of hydrogen-bond donors (Lipinski definition) is 0. The van der Waals surface area contributed by atoms with Gasteiger partial charge in [-0.1, -0.05) is 6.07 Å². The number of thiophene rings is 1. The van der Waals surface area contributed by atoms with Gasteiger partial charge in [0.15, 0.2) is 5.65 Å². The van der Waals surface area contributed by atoms with Crippen LogP contribution in [0.25, 0.3) is 11.0 Å². The highest BCUT2D eigenvalue weighted by atomic mass is 32.1. The molecule has 0 aliphatic carbocycles. The van der Waals surface area contributed by atoms with Crippen molar-refractivity contribution in [2.45, 2.75) is 38.8 Å². The van der Waals surface area contributed by atoms with E-state index in [2.05, 4.69) is 41.4 Å². The van der Waals surface area contributed by atoms with Gasteiger partial charge >= 0.3 is 0 Å². The van der Waals surface area contributed by atoms with Crippen LogP contribution in [0.4, 0.5) is 0 Å². The molecule has 1 atom stereocenters. The molecule has 5 nitrogen and oxygen atoms in total. The van der Waals surface area contributed by atoms with Crippen molar-refractivity contribution in [2.75, 3.05) is 6.54 Å². The number of rotatable bonds is 3. The van der Waals surface area contributed by atoms with Crippen LogP contribution in [0.2, 0.25) is 0 Å². The Balaban J connectivity index is 1.65. The van der Waals surface area contributed by atoms with Crippen LogP contribution in [-0.2, 0) is 0 Å². The Kier molecular flexibility index (Phi) is 3.84. The smallest absolute Gasteiger partial charge is 0.255 e. The van der Waals surface area contributed by atoms with E-state index in [1.807, 2.05) is 15.6 Å². The van der Waals surface area contributed by atoms with E-state index in [0.29, 0.717) is 5.56 Å². The average molecular weight is 340 g/mol. The molecule has 3 aromatic rings. The van der Waals surface area contributed by atoms with E-state index >= 15 is 0 Å². The second-order valence-electron chi connectivity index (χ2n) is 6.49. The fourth-order valence-electron chi connectivity index (χ4n) is 3.39. The van der Waals surface area contributed by atoms with Crippen molar-refractivity contribution >= 4 is 28.3 Å². The number of nitrogens with zero attached hydrogens (tertiary/aromatic N) is 4. The topological polar surface area (TPSA) is 51.0 Å². The molecule has 1 saturated heterocycles. The SMILES string of the molecule is CC(C)n1ncc2cc(C(=O)N3CCC[C@@H]3c3cccs3)cnc21. The van der Waals surface area contributed by atoms with Crippen molar-refractivity contribution in [1.29, 1.82) is 0 Å². The van der Waals surface area contributed by atoms with Crippen LogP contribution in [0, 0.1) is 0 Å². The monoisotopic (exact) mass is 340 g/mol. The summed E-state index contributed by atoms with van der Waals surface area (Å²) in [5.74, 6) is 0.0672. The Morgan fingerprint density at radius 3 is 3.00 bits per heavy atom. The Morgan fingerprint density at radius 1 is 1.38 bits per heavy atom. The van der Waals surface area contributed by atoms with Crippen LogP contribution in [-0.4, -0.2) is 32.1 Å². The van der Waals surface area contributed by atoms with Gasteiger partial charge in [-0.15, -0.1) is 11.3 Å². The maximum Gasteiger partial charge on any atom is 0.255 e. The molecule has 0 saturated carbocycles. The van der Waals surface area contributed by atoms with Gasteiger partial charge in [0.25, 0.3) is 5.91 Å². The van der Waals surface area contributed by atoms with E-state index in [0.717, 1.165) is 30.4 Å². The predicted octanol–water partition coefficient (Wildman–Crippen LogP) is 4.05. The minimum Gasteiger partial charge on any atom is -0.331 e. The quantitative estimate of drug-likeness (QED) is 0.723. The summed E-state index contributed by atoms with van der Waals surface area (Å²) >= 11 is 1.72. The summed E-state index contributed by atoms with van der Waals surface area (Å²) in [4.78, 5) is 20.8. The minimum atomic E-state index is 0.0672. The first-order valence-corrected chi connectivity index (χ1v) is 9.21. The molecule has 0 bridgehead atoms. The van der Waals surface area contributed by atoms with E-state index in [1.54, 1.807) is 23.7 Å². The maximum atomic E-state index is 13.0. The zero-order chi connectivity index (χ0) is 16.7. The van der Waals surface area contributed by atoms with Gasteiger partial charge in [0.2, 0.25) is 0 Å². The first kappa shape index (κ1) is 15.3. The van der Waals surface area contributed by atoms with Gasteiger partial charge in [0, 0.05) is 29.0 Å². The fraction of sp³-hybridized carbons (Fsp3) is 0.389. The van der Waals surface area contributed by atoms with Gasteiger partial charge < -0.3 is 4.90 Å². The highest BCUT2D eigenvalue weighted by molar-refractivity contribution is 7.10. The number of hydrogen-bond acceptors (Lipinski definition) is 4. The molecular weight excluding hydrogens is 320 g/mol. The summed E-state index contributed by atoms with van der Waals surface area (Å²) in [5.41, 5.74) is 1.48. The third-order valence-electron chi connectivity index (χ3n) is 4.55. The molecule has 0 unspecified atom stereocenters. The highest BCUT2D eigenvalue weighted by Crippen LogP contribution is 2.35. The molecule has 0 aromatic carbocycles. The van der Waals surface area contributed by atoms with Crippen LogP contribution in [0.15, 0.2) is 36.0 Å². The number of amides is 1. The van der Waals surface area contributed by atoms with Crippen molar-refractivity contribution < 1.29 is 4.79 Å². The molecule has 1 aliphatic rings. The lowest BCUT2D eigenvalue weighted by Gasteiger charge is -2.23. The van der Waals surface area contributed by atoms with Crippen LogP contribution in [0.1, 0.15) is 54.0 Å². The third kappa shape index (κ3) is 2.51. The molecular formula is C18H20N4OS. The second kappa shape index (κ2) is 6.02. The molecule has 1 amide bonds. The lowest BCUT2D eigenvalue weighted by Crippen LogP contribution is -2.30. The number of carbonyl (C=O) groups excluding carboxylic acids is 1.